The molecule has 2 rings (SSSR count). The van der Waals surface area contributed by atoms with Crippen LogP contribution in [0.4, 0.5) is 4.39 Å². The summed E-state index contributed by atoms with van der Waals surface area (Å²) in [6, 6.07) is 15.4. The normalized spacial score (nSPS) is 14.0. The lowest BCUT2D eigenvalue weighted by molar-refractivity contribution is 0.513. The average molecular weight is 271 g/mol. The topological polar surface area (TPSA) is 26.0 Å². The van der Waals surface area contributed by atoms with E-state index in [2.05, 4.69) is 19.1 Å². The second-order valence-corrected chi connectivity index (χ2v) is 5.36. The van der Waals surface area contributed by atoms with Gasteiger partial charge in [0, 0.05) is 6.04 Å². The third kappa shape index (κ3) is 3.45. The van der Waals surface area contributed by atoms with Crippen molar-refractivity contribution in [2.24, 2.45) is 5.73 Å². The summed E-state index contributed by atoms with van der Waals surface area (Å²) in [7, 11) is 0. The van der Waals surface area contributed by atoms with Crippen molar-refractivity contribution < 1.29 is 4.39 Å². The van der Waals surface area contributed by atoms with E-state index in [1.54, 1.807) is 6.07 Å². The monoisotopic (exact) mass is 271 g/mol. The average Bonchev–Trinajstić information content (AvgIpc) is 2.44. The van der Waals surface area contributed by atoms with E-state index in [1.807, 2.05) is 31.2 Å². The molecule has 20 heavy (non-hydrogen) atoms. The van der Waals surface area contributed by atoms with Gasteiger partial charge in [-0.1, -0.05) is 43.3 Å². The third-order valence-corrected chi connectivity index (χ3v) is 3.94. The molecule has 0 aliphatic carbocycles. The molecule has 2 aromatic rings. The fourth-order valence-electron chi connectivity index (χ4n) is 2.77. The summed E-state index contributed by atoms with van der Waals surface area (Å²) in [6.07, 6.45) is 1.78. The zero-order valence-electron chi connectivity index (χ0n) is 12.1. The first-order valence-electron chi connectivity index (χ1n) is 7.17. The largest absolute Gasteiger partial charge is 0.327 e. The van der Waals surface area contributed by atoms with Crippen molar-refractivity contribution in [2.75, 3.05) is 0 Å². The summed E-state index contributed by atoms with van der Waals surface area (Å²) in [6.45, 7) is 4.10. The highest BCUT2D eigenvalue weighted by molar-refractivity contribution is 5.29. The van der Waals surface area contributed by atoms with Crippen LogP contribution in [0.5, 0.6) is 0 Å². The second-order valence-electron chi connectivity index (χ2n) is 5.36. The van der Waals surface area contributed by atoms with Crippen LogP contribution >= 0.6 is 0 Å². The van der Waals surface area contributed by atoms with Gasteiger partial charge in [-0.2, -0.15) is 0 Å². The SMILES string of the molecule is CCC(c1ccccc1)C(N)Cc1ccc(F)cc1C. The molecule has 0 saturated heterocycles. The Morgan fingerprint density at radius 3 is 2.40 bits per heavy atom. The summed E-state index contributed by atoms with van der Waals surface area (Å²) >= 11 is 0. The van der Waals surface area contributed by atoms with Crippen molar-refractivity contribution >= 4 is 0 Å². The fourth-order valence-corrected chi connectivity index (χ4v) is 2.77. The Hall–Kier alpha value is -1.67. The third-order valence-electron chi connectivity index (χ3n) is 3.94. The van der Waals surface area contributed by atoms with Gasteiger partial charge in [-0.3, -0.25) is 0 Å². The molecule has 0 aliphatic rings. The molecule has 0 bridgehead atoms. The van der Waals surface area contributed by atoms with Gasteiger partial charge in [0.15, 0.2) is 0 Å². The number of halogens is 1. The van der Waals surface area contributed by atoms with E-state index in [0.717, 1.165) is 24.0 Å². The van der Waals surface area contributed by atoms with Crippen molar-refractivity contribution in [2.45, 2.75) is 38.6 Å². The highest BCUT2D eigenvalue weighted by Gasteiger charge is 2.19. The minimum Gasteiger partial charge on any atom is -0.327 e. The molecule has 0 aromatic heterocycles. The summed E-state index contributed by atoms with van der Waals surface area (Å²) in [5.74, 6) is 0.149. The molecule has 0 saturated carbocycles. The Kier molecular flexibility index (Phi) is 4.91. The molecule has 2 aromatic carbocycles. The quantitative estimate of drug-likeness (QED) is 0.866. The second kappa shape index (κ2) is 6.67. The van der Waals surface area contributed by atoms with E-state index in [0.29, 0.717) is 5.92 Å². The molecular weight excluding hydrogens is 249 g/mol. The first-order valence-corrected chi connectivity index (χ1v) is 7.17. The summed E-state index contributed by atoms with van der Waals surface area (Å²) in [5.41, 5.74) is 9.79. The molecule has 0 aliphatic heterocycles. The van der Waals surface area contributed by atoms with Gasteiger partial charge in [0.25, 0.3) is 0 Å². The molecule has 106 valence electrons. The molecule has 0 spiro atoms. The Morgan fingerprint density at radius 2 is 1.80 bits per heavy atom. The van der Waals surface area contributed by atoms with Gasteiger partial charge in [-0.05, 0) is 54.5 Å². The summed E-state index contributed by atoms with van der Waals surface area (Å²) in [4.78, 5) is 0. The zero-order valence-corrected chi connectivity index (χ0v) is 12.1. The van der Waals surface area contributed by atoms with E-state index in [9.17, 15) is 4.39 Å². The van der Waals surface area contributed by atoms with Crippen LogP contribution in [0, 0.1) is 12.7 Å². The van der Waals surface area contributed by atoms with Crippen LogP contribution in [-0.4, -0.2) is 6.04 Å². The molecular formula is C18H22FN. The van der Waals surface area contributed by atoms with Crippen molar-refractivity contribution in [3.05, 3.63) is 71.0 Å². The maximum absolute atomic E-state index is 13.1. The number of aryl methyl sites for hydroxylation is 1. The molecule has 2 N–H and O–H groups in total. The molecule has 0 amide bonds. The van der Waals surface area contributed by atoms with Gasteiger partial charge in [0.1, 0.15) is 5.82 Å². The molecule has 0 fully saturated rings. The van der Waals surface area contributed by atoms with Gasteiger partial charge in [-0.25, -0.2) is 4.39 Å². The van der Waals surface area contributed by atoms with E-state index >= 15 is 0 Å². The minimum absolute atomic E-state index is 0.0477. The number of nitrogens with two attached hydrogens (primary N) is 1. The van der Waals surface area contributed by atoms with Gasteiger partial charge < -0.3 is 5.73 Å². The number of hydrogen-bond acceptors (Lipinski definition) is 1. The van der Waals surface area contributed by atoms with Crippen molar-refractivity contribution in [1.82, 2.24) is 0 Å². The predicted molar refractivity (Wildman–Crippen MR) is 82.3 cm³/mol. The molecule has 0 radical (unpaired) electrons. The maximum atomic E-state index is 13.1. The van der Waals surface area contributed by atoms with Crippen molar-refractivity contribution in [3.8, 4) is 0 Å². The first-order chi connectivity index (χ1) is 9.61. The zero-order chi connectivity index (χ0) is 14.5. The Labute approximate surface area is 120 Å². The maximum Gasteiger partial charge on any atom is 0.123 e. The lowest BCUT2D eigenvalue weighted by Crippen LogP contribution is -2.30. The highest BCUT2D eigenvalue weighted by Crippen LogP contribution is 2.25. The lowest BCUT2D eigenvalue weighted by Gasteiger charge is -2.24. The number of rotatable bonds is 5. The van der Waals surface area contributed by atoms with Crippen LogP contribution in [0.2, 0.25) is 0 Å². The van der Waals surface area contributed by atoms with Gasteiger partial charge >= 0.3 is 0 Å². The predicted octanol–water partition coefficient (Wildman–Crippen LogP) is 4.20. The smallest absolute Gasteiger partial charge is 0.123 e. The number of hydrogen-bond donors (Lipinski definition) is 1. The van der Waals surface area contributed by atoms with Crippen LogP contribution < -0.4 is 5.73 Å². The molecule has 0 heterocycles. The van der Waals surface area contributed by atoms with Crippen LogP contribution in [0.15, 0.2) is 48.5 Å². The van der Waals surface area contributed by atoms with Gasteiger partial charge in [0.2, 0.25) is 0 Å². The van der Waals surface area contributed by atoms with E-state index in [1.165, 1.54) is 11.6 Å². The summed E-state index contributed by atoms with van der Waals surface area (Å²) < 4.78 is 13.1. The Morgan fingerprint density at radius 1 is 1.10 bits per heavy atom. The van der Waals surface area contributed by atoms with Gasteiger partial charge in [-0.15, -0.1) is 0 Å². The highest BCUT2D eigenvalue weighted by atomic mass is 19.1. The Bertz CT molecular complexity index is 551. The minimum atomic E-state index is -0.185. The fraction of sp³-hybridized carbons (Fsp3) is 0.333. The van der Waals surface area contributed by atoms with Gasteiger partial charge in [0.05, 0.1) is 0 Å². The lowest BCUT2D eigenvalue weighted by atomic mass is 9.85. The van der Waals surface area contributed by atoms with E-state index in [4.69, 9.17) is 5.73 Å². The van der Waals surface area contributed by atoms with Crippen LogP contribution in [0.25, 0.3) is 0 Å². The molecule has 2 atom stereocenters. The Balaban J connectivity index is 2.15. The molecule has 2 heteroatoms. The van der Waals surface area contributed by atoms with Crippen LogP contribution in [0.1, 0.15) is 36.0 Å². The van der Waals surface area contributed by atoms with Crippen molar-refractivity contribution in [3.63, 3.8) is 0 Å². The van der Waals surface area contributed by atoms with Crippen LogP contribution in [-0.2, 0) is 6.42 Å². The van der Waals surface area contributed by atoms with Crippen LogP contribution in [0.3, 0.4) is 0 Å². The van der Waals surface area contributed by atoms with E-state index < -0.39 is 0 Å². The molecule has 2 unspecified atom stereocenters. The first kappa shape index (κ1) is 14.7. The summed E-state index contributed by atoms with van der Waals surface area (Å²) in [5, 5.41) is 0. The standard InChI is InChI=1S/C18H22FN/c1-3-17(14-7-5-4-6-8-14)18(20)12-15-9-10-16(19)11-13(15)2/h4-11,17-18H,3,12,20H2,1-2H3. The van der Waals surface area contributed by atoms with E-state index in [-0.39, 0.29) is 11.9 Å². The molecule has 1 nitrogen and oxygen atoms in total. The number of benzene rings is 2. The van der Waals surface area contributed by atoms with Crippen molar-refractivity contribution in [1.29, 1.82) is 0 Å².